The van der Waals surface area contributed by atoms with E-state index in [4.69, 9.17) is 0 Å². The summed E-state index contributed by atoms with van der Waals surface area (Å²) >= 11 is 0. The van der Waals surface area contributed by atoms with Crippen LogP contribution in [0.5, 0.6) is 0 Å². The number of nitrogens with one attached hydrogen (secondary N) is 1. The van der Waals surface area contributed by atoms with Crippen molar-refractivity contribution in [3.63, 3.8) is 0 Å². The summed E-state index contributed by atoms with van der Waals surface area (Å²) in [5.41, 5.74) is 1.33. The Labute approximate surface area is 97.2 Å². The molecule has 0 radical (unpaired) electrons. The van der Waals surface area contributed by atoms with E-state index in [1.807, 2.05) is 18.2 Å². The average molecular weight is 220 g/mol. The van der Waals surface area contributed by atoms with Crippen molar-refractivity contribution in [1.82, 2.24) is 0 Å². The lowest BCUT2D eigenvalue weighted by molar-refractivity contribution is 0.615. The Kier molecular flexibility index (Phi) is 5.54. The quantitative estimate of drug-likeness (QED) is 0.544. The molecule has 3 nitrogen and oxygen atoms in total. The van der Waals surface area contributed by atoms with E-state index in [0.717, 1.165) is 12.1 Å². The maximum atomic E-state index is 10.6. The zero-order valence-electron chi connectivity index (χ0n) is 10.1. The molecule has 1 N–H and O–H groups in total. The van der Waals surface area contributed by atoms with Crippen molar-refractivity contribution in [2.75, 3.05) is 5.32 Å². The number of unbranched alkanes of at least 4 members (excludes halogenated alkanes) is 2. The molecule has 0 bridgehead atoms. The summed E-state index contributed by atoms with van der Waals surface area (Å²) in [5.74, 6) is 0. The van der Waals surface area contributed by atoms with Crippen LogP contribution in [0, 0.1) is 4.91 Å². The van der Waals surface area contributed by atoms with Gasteiger partial charge >= 0.3 is 0 Å². The molecule has 1 aromatic rings. The molecule has 0 aliphatic heterocycles. The van der Waals surface area contributed by atoms with Crippen LogP contribution in [0.4, 0.5) is 11.4 Å². The van der Waals surface area contributed by atoms with E-state index < -0.39 is 0 Å². The fraction of sp³-hybridized carbons (Fsp3) is 0.538. The monoisotopic (exact) mass is 220 g/mol. The zero-order valence-corrected chi connectivity index (χ0v) is 10.1. The number of hydrogen-bond donors (Lipinski definition) is 1. The molecule has 0 saturated heterocycles. The Morgan fingerprint density at radius 1 is 1.31 bits per heavy atom. The van der Waals surface area contributed by atoms with Gasteiger partial charge in [-0.1, -0.05) is 38.3 Å². The van der Waals surface area contributed by atoms with Gasteiger partial charge in [-0.3, -0.25) is 0 Å². The number of rotatable bonds is 7. The minimum absolute atomic E-state index is 0.384. The molecule has 1 aromatic carbocycles. The van der Waals surface area contributed by atoms with Crippen molar-refractivity contribution in [3.05, 3.63) is 29.2 Å². The third-order valence-corrected chi connectivity index (χ3v) is 2.64. The van der Waals surface area contributed by atoms with Crippen LogP contribution >= 0.6 is 0 Å². The van der Waals surface area contributed by atoms with E-state index in [-0.39, 0.29) is 0 Å². The Balaban J connectivity index is 2.48. The van der Waals surface area contributed by atoms with Gasteiger partial charge in [0.05, 0.1) is 5.69 Å². The van der Waals surface area contributed by atoms with Gasteiger partial charge in [-0.05, 0) is 30.7 Å². The molecule has 1 atom stereocenters. The van der Waals surface area contributed by atoms with Crippen molar-refractivity contribution in [2.45, 2.75) is 45.6 Å². The number of benzene rings is 1. The van der Waals surface area contributed by atoms with Crippen LogP contribution in [-0.2, 0) is 0 Å². The Morgan fingerprint density at radius 2 is 2.06 bits per heavy atom. The fourth-order valence-electron chi connectivity index (χ4n) is 1.71. The van der Waals surface area contributed by atoms with E-state index in [9.17, 15) is 4.91 Å². The van der Waals surface area contributed by atoms with Gasteiger partial charge in [0, 0.05) is 6.04 Å². The SMILES string of the molecule is CCCCCC(C)Nc1ccccc1N=O. The first kappa shape index (κ1) is 12.7. The normalized spacial score (nSPS) is 12.1. The van der Waals surface area contributed by atoms with E-state index in [0.29, 0.717) is 11.7 Å². The number of hydrogen-bond acceptors (Lipinski definition) is 3. The molecular formula is C13H20N2O. The van der Waals surface area contributed by atoms with E-state index in [1.165, 1.54) is 19.3 Å². The Morgan fingerprint density at radius 3 is 2.75 bits per heavy atom. The Hall–Kier alpha value is -1.38. The molecule has 0 spiro atoms. The maximum Gasteiger partial charge on any atom is 0.131 e. The second kappa shape index (κ2) is 6.99. The lowest BCUT2D eigenvalue weighted by Gasteiger charge is -2.15. The second-order valence-electron chi connectivity index (χ2n) is 4.15. The number of para-hydroxylation sites is 1. The highest BCUT2D eigenvalue weighted by atomic mass is 16.3. The Bertz CT molecular complexity index is 325. The standard InChI is InChI=1S/C13H20N2O/c1-3-4-5-8-11(2)14-12-9-6-7-10-13(12)15-16/h6-7,9-11,14H,3-5,8H2,1-2H3. The third kappa shape index (κ3) is 4.01. The molecular weight excluding hydrogens is 200 g/mol. The van der Waals surface area contributed by atoms with E-state index >= 15 is 0 Å². The van der Waals surface area contributed by atoms with Crippen LogP contribution in [-0.4, -0.2) is 6.04 Å². The predicted octanol–water partition coefficient (Wildman–Crippen LogP) is 4.47. The summed E-state index contributed by atoms with van der Waals surface area (Å²) in [7, 11) is 0. The molecule has 0 aliphatic carbocycles. The molecule has 0 saturated carbocycles. The first-order chi connectivity index (χ1) is 7.77. The minimum atomic E-state index is 0.384. The smallest absolute Gasteiger partial charge is 0.131 e. The highest BCUT2D eigenvalue weighted by Gasteiger charge is 2.05. The summed E-state index contributed by atoms with van der Waals surface area (Å²) in [4.78, 5) is 10.6. The molecule has 0 fully saturated rings. The minimum Gasteiger partial charge on any atom is -0.381 e. The van der Waals surface area contributed by atoms with Crippen LogP contribution in [0.15, 0.2) is 29.4 Å². The van der Waals surface area contributed by atoms with Crippen molar-refractivity contribution in [3.8, 4) is 0 Å². The highest BCUT2D eigenvalue weighted by Crippen LogP contribution is 2.25. The average Bonchev–Trinajstić information content (AvgIpc) is 2.30. The number of nitrogens with zero attached hydrogens (tertiary/aromatic N) is 1. The summed E-state index contributed by atoms with van der Waals surface area (Å²) < 4.78 is 0. The largest absolute Gasteiger partial charge is 0.381 e. The summed E-state index contributed by atoms with van der Waals surface area (Å²) in [5, 5.41) is 6.33. The van der Waals surface area contributed by atoms with Gasteiger partial charge in [-0.2, -0.15) is 0 Å². The van der Waals surface area contributed by atoms with Crippen molar-refractivity contribution in [1.29, 1.82) is 0 Å². The molecule has 0 heterocycles. The molecule has 3 heteroatoms. The molecule has 16 heavy (non-hydrogen) atoms. The van der Waals surface area contributed by atoms with E-state index in [2.05, 4.69) is 24.3 Å². The van der Waals surface area contributed by atoms with Crippen molar-refractivity contribution >= 4 is 11.4 Å². The maximum absolute atomic E-state index is 10.6. The van der Waals surface area contributed by atoms with Gasteiger partial charge in [0.25, 0.3) is 0 Å². The lowest BCUT2D eigenvalue weighted by atomic mass is 10.1. The summed E-state index contributed by atoms with van der Waals surface area (Å²) in [6.07, 6.45) is 4.85. The third-order valence-electron chi connectivity index (χ3n) is 2.64. The zero-order chi connectivity index (χ0) is 11.8. The molecule has 88 valence electrons. The molecule has 0 aliphatic rings. The second-order valence-corrected chi connectivity index (χ2v) is 4.15. The first-order valence-electron chi connectivity index (χ1n) is 5.96. The summed E-state index contributed by atoms with van der Waals surface area (Å²) in [6, 6.07) is 7.75. The van der Waals surface area contributed by atoms with Gasteiger partial charge in [0.1, 0.15) is 5.69 Å². The molecule has 0 amide bonds. The summed E-state index contributed by atoms with van der Waals surface area (Å²) in [6.45, 7) is 4.33. The van der Waals surface area contributed by atoms with Crippen molar-refractivity contribution < 1.29 is 0 Å². The molecule has 1 unspecified atom stereocenters. The predicted molar refractivity (Wildman–Crippen MR) is 69.1 cm³/mol. The van der Waals surface area contributed by atoms with Crippen LogP contribution < -0.4 is 5.32 Å². The van der Waals surface area contributed by atoms with Crippen LogP contribution in [0.1, 0.15) is 39.5 Å². The number of anilines is 1. The van der Waals surface area contributed by atoms with Crippen LogP contribution in [0.3, 0.4) is 0 Å². The fourth-order valence-corrected chi connectivity index (χ4v) is 1.71. The molecule has 1 rings (SSSR count). The van der Waals surface area contributed by atoms with Gasteiger partial charge in [-0.25, -0.2) is 0 Å². The lowest BCUT2D eigenvalue weighted by Crippen LogP contribution is -2.14. The van der Waals surface area contributed by atoms with Gasteiger partial charge < -0.3 is 5.32 Å². The van der Waals surface area contributed by atoms with E-state index in [1.54, 1.807) is 6.07 Å². The highest BCUT2D eigenvalue weighted by molar-refractivity contribution is 5.65. The van der Waals surface area contributed by atoms with Crippen molar-refractivity contribution in [2.24, 2.45) is 5.18 Å². The van der Waals surface area contributed by atoms with Gasteiger partial charge in [0.2, 0.25) is 0 Å². The first-order valence-corrected chi connectivity index (χ1v) is 5.96. The molecule has 0 aromatic heterocycles. The van der Waals surface area contributed by atoms with Gasteiger partial charge in [-0.15, -0.1) is 4.91 Å². The van der Waals surface area contributed by atoms with Crippen LogP contribution in [0.2, 0.25) is 0 Å². The topological polar surface area (TPSA) is 41.5 Å². The van der Waals surface area contributed by atoms with Gasteiger partial charge in [0.15, 0.2) is 0 Å². The van der Waals surface area contributed by atoms with Crippen LogP contribution in [0.25, 0.3) is 0 Å². The number of nitroso groups, excluding NO2 is 1.